The van der Waals surface area contributed by atoms with Crippen LogP contribution in [0.3, 0.4) is 0 Å². The largest absolute Gasteiger partial charge is 0.320 e. The molecule has 0 aromatic carbocycles. The molecule has 0 radical (unpaired) electrons. The molecule has 1 aliphatic heterocycles. The summed E-state index contributed by atoms with van der Waals surface area (Å²) in [5, 5.41) is 1.97. The van der Waals surface area contributed by atoms with E-state index in [2.05, 4.69) is 5.32 Å². The molecule has 1 atom stereocenters. The van der Waals surface area contributed by atoms with E-state index in [1.807, 2.05) is 0 Å². The quantitative estimate of drug-likeness (QED) is 0.655. The Labute approximate surface area is 113 Å². The summed E-state index contributed by atoms with van der Waals surface area (Å²) in [6, 6.07) is 0. The lowest BCUT2D eigenvalue weighted by Gasteiger charge is -2.32. The first-order valence-electron chi connectivity index (χ1n) is 5.70. The maximum Gasteiger partial charge on any atom is 0.215 e. The van der Waals surface area contributed by atoms with Crippen molar-refractivity contribution < 1.29 is 16.8 Å². The van der Waals surface area contributed by atoms with Crippen LogP contribution >= 0.6 is 11.8 Å². The molecule has 108 valence electrons. The fourth-order valence-corrected chi connectivity index (χ4v) is 7.07. The van der Waals surface area contributed by atoms with Gasteiger partial charge >= 0.3 is 0 Å². The first-order valence-corrected chi connectivity index (χ1v) is 10.4. The van der Waals surface area contributed by atoms with Crippen LogP contribution in [-0.2, 0) is 19.9 Å². The van der Waals surface area contributed by atoms with E-state index in [0.29, 0.717) is 24.5 Å². The van der Waals surface area contributed by atoms with Gasteiger partial charge in [0.1, 0.15) is 5.37 Å². The van der Waals surface area contributed by atoms with Crippen molar-refractivity contribution in [2.45, 2.75) is 11.8 Å². The number of sulfone groups is 1. The summed E-state index contributed by atoms with van der Waals surface area (Å²) in [5.74, 6) is 0.964. The molecule has 18 heavy (non-hydrogen) atoms. The SMILES string of the molecule is CNCCCS(=O)(=O)N1CCSCC1S(C)(=O)=O. The third-order valence-electron chi connectivity index (χ3n) is 2.72. The zero-order valence-electron chi connectivity index (χ0n) is 10.6. The van der Waals surface area contributed by atoms with Gasteiger partial charge in [0.25, 0.3) is 0 Å². The van der Waals surface area contributed by atoms with Crippen molar-refractivity contribution in [3.8, 4) is 0 Å². The van der Waals surface area contributed by atoms with Gasteiger partial charge in [0.05, 0.1) is 5.75 Å². The number of hydrogen-bond donors (Lipinski definition) is 1. The fourth-order valence-electron chi connectivity index (χ4n) is 1.77. The predicted octanol–water partition coefficient (Wildman–Crippen LogP) is -0.655. The van der Waals surface area contributed by atoms with Crippen molar-refractivity contribution in [2.24, 2.45) is 0 Å². The number of thioether (sulfide) groups is 1. The lowest BCUT2D eigenvalue weighted by Crippen LogP contribution is -2.50. The molecule has 1 N–H and O–H groups in total. The molecule has 0 bridgehead atoms. The standard InChI is InChI=1S/C9H20N2O4S3/c1-10-4-3-7-18(14,15)11-5-6-16-8-9(11)17(2,12)13/h9-10H,3-8H2,1-2H3. The first-order chi connectivity index (χ1) is 8.29. The zero-order chi connectivity index (χ0) is 13.8. The second kappa shape index (κ2) is 6.56. The summed E-state index contributed by atoms with van der Waals surface area (Å²) in [5.41, 5.74) is 0. The zero-order valence-corrected chi connectivity index (χ0v) is 13.1. The van der Waals surface area contributed by atoms with Crippen molar-refractivity contribution in [3.63, 3.8) is 0 Å². The molecule has 0 amide bonds. The van der Waals surface area contributed by atoms with Gasteiger partial charge in [0, 0.05) is 24.3 Å². The normalized spacial score (nSPS) is 23.1. The summed E-state index contributed by atoms with van der Waals surface area (Å²) in [7, 11) is -5.11. The molecule has 0 spiro atoms. The van der Waals surface area contributed by atoms with E-state index < -0.39 is 25.2 Å². The van der Waals surface area contributed by atoms with Gasteiger partial charge in [-0.3, -0.25) is 0 Å². The lowest BCUT2D eigenvalue weighted by atomic mass is 10.5. The maximum absolute atomic E-state index is 12.1. The highest BCUT2D eigenvalue weighted by Crippen LogP contribution is 2.23. The summed E-state index contributed by atoms with van der Waals surface area (Å²) < 4.78 is 48.7. The Balaban J connectivity index is 2.83. The second-order valence-corrected chi connectivity index (χ2v) is 9.64. The molecular formula is C9H20N2O4S3. The predicted molar refractivity (Wildman–Crippen MR) is 75.0 cm³/mol. The van der Waals surface area contributed by atoms with Crippen LogP contribution < -0.4 is 5.32 Å². The van der Waals surface area contributed by atoms with Crippen LogP contribution in [0.1, 0.15) is 6.42 Å². The van der Waals surface area contributed by atoms with E-state index >= 15 is 0 Å². The summed E-state index contributed by atoms with van der Waals surface area (Å²) in [4.78, 5) is 0. The first kappa shape index (κ1) is 16.2. The Hall–Kier alpha value is 0.170. The topological polar surface area (TPSA) is 83.6 Å². The van der Waals surface area contributed by atoms with Gasteiger partial charge in [-0.1, -0.05) is 0 Å². The van der Waals surface area contributed by atoms with Crippen molar-refractivity contribution >= 4 is 31.6 Å². The van der Waals surface area contributed by atoms with E-state index in [-0.39, 0.29) is 12.3 Å². The second-order valence-electron chi connectivity index (χ2n) is 4.24. The molecule has 0 aliphatic carbocycles. The fraction of sp³-hybridized carbons (Fsp3) is 1.00. The van der Waals surface area contributed by atoms with E-state index in [0.717, 1.165) is 10.6 Å². The maximum atomic E-state index is 12.1. The number of rotatable bonds is 6. The van der Waals surface area contributed by atoms with Gasteiger partial charge in [-0.05, 0) is 20.0 Å². The van der Waals surface area contributed by atoms with Gasteiger partial charge in [0.2, 0.25) is 10.0 Å². The highest BCUT2D eigenvalue weighted by Gasteiger charge is 2.37. The summed E-state index contributed by atoms with van der Waals surface area (Å²) in [6.45, 7) is 0.885. The van der Waals surface area contributed by atoms with E-state index in [1.54, 1.807) is 7.05 Å². The smallest absolute Gasteiger partial charge is 0.215 e. The average molecular weight is 316 g/mol. The molecule has 1 aliphatic rings. The highest BCUT2D eigenvalue weighted by atomic mass is 32.2. The van der Waals surface area contributed by atoms with Crippen LogP contribution in [0.5, 0.6) is 0 Å². The van der Waals surface area contributed by atoms with Crippen molar-refractivity contribution in [2.75, 3.05) is 43.7 Å². The molecule has 1 unspecified atom stereocenters. The minimum atomic E-state index is -3.49. The Morgan fingerprint density at radius 1 is 1.33 bits per heavy atom. The Morgan fingerprint density at radius 3 is 2.56 bits per heavy atom. The molecule has 1 heterocycles. The Morgan fingerprint density at radius 2 is 2.00 bits per heavy atom. The van der Waals surface area contributed by atoms with Gasteiger partial charge in [-0.2, -0.15) is 16.1 Å². The van der Waals surface area contributed by atoms with Crippen LogP contribution in [0.25, 0.3) is 0 Å². The Kier molecular flexibility index (Phi) is 5.91. The summed E-state index contributed by atoms with van der Waals surface area (Å²) in [6.07, 6.45) is 1.58. The lowest BCUT2D eigenvalue weighted by molar-refractivity contribution is 0.404. The van der Waals surface area contributed by atoms with Crippen LogP contribution in [-0.4, -0.2) is 70.2 Å². The van der Waals surface area contributed by atoms with Crippen molar-refractivity contribution in [1.29, 1.82) is 0 Å². The van der Waals surface area contributed by atoms with Crippen LogP contribution in [0.15, 0.2) is 0 Å². The van der Waals surface area contributed by atoms with Crippen LogP contribution in [0.2, 0.25) is 0 Å². The van der Waals surface area contributed by atoms with E-state index in [4.69, 9.17) is 0 Å². The summed E-state index contributed by atoms with van der Waals surface area (Å²) >= 11 is 1.48. The molecule has 6 nitrogen and oxygen atoms in total. The third-order valence-corrected chi connectivity index (χ3v) is 7.45. The van der Waals surface area contributed by atoms with Crippen molar-refractivity contribution in [3.05, 3.63) is 0 Å². The van der Waals surface area contributed by atoms with E-state index in [1.165, 1.54) is 11.8 Å². The number of sulfonamides is 1. The van der Waals surface area contributed by atoms with Gasteiger partial charge in [-0.25, -0.2) is 16.8 Å². The molecule has 0 aromatic rings. The van der Waals surface area contributed by atoms with E-state index in [9.17, 15) is 16.8 Å². The van der Waals surface area contributed by atoms with Gasteiger partial charge in [-0.15, -0.1) is 0 Å². The van der Waals surface area contributed by atoms with Crippen LogP contribution in [0.4, 0.5) is 0 Å². The third kappa shape index (κ3) is 4.37. The van der Waals surface area contributed by atoms with Crippen LogP contribution in [0, 0.1) is 0 Å². The molecular weight excluding hydrogens is 296 g/mol. The monoisotopic (exact) mass is 316 g/mol. The highest BCUT2D eigenvalue weighted by molar-refractivity contribution is 8.01. The number of nitrogens with zero attached hydrogens (tertiary/aromatic N) is 1. The molecule has 0 aromatic heterocycles. The Bertz CT molecular complexity index is 460. The van der Waals surface area contributed by atoms with Gasteiger partial charge in [0.15, 0.2) is 9.84 Å². The minimum Gasteiger partial charge on any atom is -0.320 e. The molecule has 1 fully saturated rings. The molecule has 1 saturated heterocycles. The molecule has 1 rings (SSSR count). The molecule has 0 saturated carbocycles. The van der Waals surface area contributed by atoms with Gasteiger partial charge < -0.3 is 5.32 Å². The average Bonchev–Trinajstić information content (AvgIpc) is 2.28. The minimum absolute atomic E-state index is 0.00940. The molecule has 9 heteroatoms. The number of nitrogens with one attached hydrogen (secondary N) is 1. The number of hydrogen-bond acceptors (Lipinski definition) is 6. The van der Waals surface area contributed by atoms with Crippen molar-refractivity contribution in [1.82, 2.24) is 9.62 Å².